The summed E-state index contributed by atoms with van der Waals surface area (Å²) >= 11 is 0. The molecule has 0 aliphatic rings. The maximum atomic E-state index is 12.1. The summed E-state index contributed by atoms with van der Waals surface area (Å²) in [7, 11) is 1.67. The lowest BCUT2D eigenvalue weighted by atomic mass is 10.1. The topological polar surface area (TPSA) is 91.8 Å². The van der Waals surface area contributed by atoms with Crippen molar-refractivity contribution < 1.29 is 10.0 Å². The van der Waals surface area contributed by atoms with E-state index < -0.39 is 0 Å². The minimum atomic E-state index is -0.120. The van der Waals surface area contributed by atoms with E-state index in [9.17, 15) is 4.79 Å². The van der Waals surface area contributed by atoms with Gasteiger partial charge in [-0.3, -0.25) is 9.78 Å². The molecule has 0 aromatic carbocycles. The Labute approximate surface area is 106 Å². The molecule has 0 unspecified atom stereocenters. The number of aryl methyl sites for hydroxylation is 2. The number of carbonyl (C=O) groups excluding carboxylic acids is 1. The van der Waals surface area contributed by atoms with Crippen molar-refractivity contribution in [1.29, 1.82) is 0 Å². The van der Waals surface area contributed by atoms with Crippen LogP contribution in [0.15, 0.2) is 17.3 Å². The van der Waals surface area contributed by atoms with Crippen molar-refractivity contribution in [2.75, 3.05) is 13.6 Å². The van der Waals surface area contributed by atoms with Gasteiger partial charge in [0.2, 0.25) is 0 Å². The van der Waals surface area contributed by atoms with Gasteiger partial charge in [-0.25, -0.2) is 0 Å². The second-order valence-corrected chi connectivity index (χ2v) is 4.15. The zero-order valence-corrected chi connectivity index (χ0v) is 10.8. The van der Waals surface area contributed by atoms with Gasteiger partial charge in [0.25, 0.3) is 5.91 Å². The number of nitrogens with two attached hydrogens (primary N) is 1. The first kappa shape index (κ1) is 14.0. The standard InChI is InChI=1S/C12H18N4O2/c1-8-4-5-10(9(2)14-8)12(17)16(3)7-6-11(13)15-18/h4-5,18H,6-7H2,1-3H3,(H2,13,15). The highest BCUT2D eigenvalue weighted by atomic mass is 16.4. The third-order valence-corrected chi connectivity index (χ3v) is 2.63. The van der Waals surface area contributed by atoms with Crippen LogP contribution < -0.4 is 5.73 Å². The summed E-state index contributed by atoms with van der Waals surface area (Å²) in [6, 6.07) is 3.57. The van der Waals surface area contributed by atoms with Gasteiger partial charge >= 0.3 is 0 Å². The fourth-order valence-electron chi connectivity index (χ4n) is 1.55. The lowest BCUT2D eigenvalue weighted by Crippen LogP contribution is -2.31. The summed E-state index contributed by atoms with van der Waals surface area (Å²) in [5, 5.41) is 11.3. The highest BCUT2D eigenvalue weighted by Crippen LogP contribution is 2.09. The van der Waals surface area contributed by atoms with Gasteiger partial charge in [0, 0.05) is 25.7 Å². The van der Waals surface area contributed by atoms with Gasteiger partial charge in [-0.05, 0) is 26.0 Å². The Balaban J connectivity index is 2.74. The van der Waals surface area contributed by atoms with Gasteiger partial charge in [-0.1, -0.05) is 5.16 Å². The van der Waals surface area contributed by atoms with Crippen LogP contribution in [0.2, 0.25) is 0 Å². The SMILES string of the molecule is Cc1ccc(C(=O)N(C)CCC(N)=NO)c(C)n1. The molecule has 6 nitrogen and oxygen atoms in total. The Morgan fingerprint density at radius 2 is 2.17 bits per heavy atom. The van der Waals surface area contributed by atoms with Crippen molar-refractivity contribution in [3.05, 3.63) is 29.1 Å². The van der Waals surface area contributed by atoms with E-state index in [-0.39, 0.29) is 11.7 Å². The molecule has 0 aliphatic carbocycles. The van der Waals surface area contributed by atoms with Gasteiger partial charge in [-0.2, -0.15) is 0 Å². The number of aromatic nitrogens is 1. The molecule has 1 aromatic rings. The molecule has 98 valence electrons. The predicted molar refractivity (Wildman–Crippen MR) is 68.7 cm³/mol. The fourth-order valence-corrected chi connectivity index (χ4v) is 1.55. The van der Waals surface area contributed by atoms with E-state index in [1.807, 2.05) is 6.92 Å². The molecule has 1 rings (SSSR count). The summed E-state index contributed by atoms with van der Waals surface area (Å²) < 4.78 is 0. The highest BCUT2D eigenvalue weighted by molar-refractivity contribution is 5.95. The number of nitrogens with zero attached hydrogens (tertiary/aromatic N) is 3. The molecule has 6 heteroatoms. The van der Waals surface area contributed by atoms with Crippen LogP contribution in [-0.2, 0) is 0 Å². The molecule has 0 atom stereocenters. The second-order valence-electron chi connectivity index (χ2n) is 4.15. The monoisotopic (exact) mass is 250 g/mol. The predicted octanol–water partition coefficient (Wildman–Crippen LogP) is 0.907. The van der Waals surface area contributed by atoms with Gasteiger partial charge in [0.1, 0.15) is 5.84 Å². The smallest absolute Gasteiger partial charge is 0.255 e. The summed E-state index contributed by atoms with van der Waals surface area (Å²) in [5.74, 6) is -0.0147. The summed E-state index contributed by atoms with van der Waals surface area (Å²) in [5.41, 5.74) is 7.51. The number of pyridine rings is 1. The summed E-state index contributed by atoms with van der Waals surface area (Å²) in [6.45, 7) is 4.07. The van der Waals surface area contributed by atoms with Gasteiger partial charge in [0.05, 0.1) is 11.3 Å². The van der Waals surface area contributed by atoms with Crippen LogP contribution in [0.4, 0.5) is 0 Å². The van der Waals surface area contributed by atoms with E-state index in [1.165, 1.54) is 4.90 Å². The van der Waals surface area contributed by atoms with Gasteiger partial charge in [-0.15, -0.1) is 0 Å². The largest absolute Gasteiger partial charge is 0.409 e. The third-order valence-electron chi connectivity index (χ3n) is 2.63. The van der Waals surface area contributed by atoms with Crippen molar-refractivity contribution in [2.45, 2.75) is 20.3 Å². The Morgan fingerprint density at radius 3 is 2.72 bits per heavy atom. The zero-order chi connectivity index (χ0) is 13.7. The number of amidine groups is 1. The molecular weight excluding hydrogens is 232 g/mol. The molecule has 1 amide bonds. The van der Waals surface area contributed by atoms with E-state index in [4.69, 9.17) is 10.9 Å². The molecule has 0 saturated heterocycles. The molecule has 0 radical (unpaired) electrons. The molecule has 0 spiro atoms. The number of hydrogen-bond donors (Lipinski definition) is 2. The first-order valence-electron chi connectivity index (χ1n) is 5.61. The van der Waals surface area contributed by atoms with Crippen molar-refractivity contribution in [3.63, 3.8) is 0 Å². The minimum absolute atomic E-state index is 0.105. The van der Waals surface area contributed by atoms with Gasteiger partial charge in [0.15, 0.2) is 0 Å². The average Bonchev–Trinajstić information content (AvgIpc) is 2.34. The molecular formula is C12H18N4O2. The molecule has 3 N–H and O–H groups in total. The third kappa shape index (κ3) is 3.44. The molecule has 0 fully saturated rings. The maximum absolute atomic E-state index is 12.1. The van der Waals surface area contributed by atoms with Crippen LogP contribution in [0.3, 0.4) is 0 Å². The summed E-state index contributed by atoms with van der Waals surface area (Å²) in [6.07, 6.45) is 0.330. The first-order valence-corrected chi connectivity index (χ1v) is 5.61. The molecule has 0 aliphatic heterocycles. The van der Waals surface area contributed by atoms with E-state index in [0.29, 0.717) is 24.2 Å². The first-order chi connectivity index (χ1) is 8.45. The molecule has 0 saturated carbocycles. The van der Waals surface area contributed by atoms with Crippen molar-refractivity contribution in [1.82, 2.24) is 9.88 Å². The summed E-state index contributed by atoms with van der Waals surface area (Å²) in [4.78, 5) is 17.9. The Morgan fingerprint density at radius 1 is 1.50 bits per heavy atom. The normalized spacial score (nSPS) is 11.4. The number of carbonyl (C=O) groups is 1. The van der Waals surface area contributed by atoms with Crippen LogP contribution in [0.1, 0.15) is 28.2 Å². The van der Waals surface area contributed by atoms with Crippen molar-refractivity contribution in [3.8, 4) is 0 Å². The van der Waals surface area contributed by atoms with Crippen molar-refractivity contribution >= 4 is 11.7 Å². The lowest BCUT2D eigenvalue weighted by Gasteiger charge is -2.17. The Hall–Kier alpha value is -2.11. The van der Waals surface area contributed by atoms with E-state index >= 15 is 0 Å². The van der Waals surface area contributed by atoms with Crippen LogP contribution in [-0.4, -0.2) is 40.4 Å². The number of hydrogen-bond acceptors (Lipinski definition) is 4. The van der Waals surface area contributed by atoms with Crippen LogP contribution in [0, 0.1) is 13.8 Å². The van der Waals surface area contributed by atoms with Crippen molar-refractivity contribution in [2.24, 2.45) is 10.9 Å². The van der Waals surface area contributed by atoms with Crippen LogP contribution in [0.25, 0.3) is 0 Å². The van der Waals surface area contributed by atoms with Gasteiger partial charge < -0.3 is 15.8 Å². The quantitative estimate of drug-likeness (QED) is 0.359. The van der Waals surface area contributed by atoms with Crippen LogP contribution >= 0.6 is 0 Å². The molecule has 18 heavy (non-hydrogen) atoms. The maximum Gasteiger partial charge on any atom is 0.255 e. The number of oxime groups is 1. The van der Waals surface area contributed by atoms with E-state index in [2.05, 4.69) is 10.1 Å². The van der Waals surface area contributed by atoms with E-state index in [1.54, 1.807) is 26.1 Å². The molecule has 1 heterocycles. The molecule has 1 aromatic heterocycles. The molecule has 0 bridgehead atoms. The fraction of sp³-hybridized carbons (Fsp3) is 0.417. The highest BCUT2D eigenvalue weighted by Gasteiger charge is 2.14. The average molecular weight is 250 g/mol. The minimum Gasteiger partial charge on any atom is -0.409 e. The second kappa shape index (κ2) is 6.00. The Kier molecular flexibility index (Phi) is 4.65. The lowest BCUT2D eigenvalue weighted by molar-refractivity contribution is 0.0797. The number of amides is 1. The van der Waals surface area contributed by atoms with Crippen LogP contribution in [0.5, 0.6) is 0 Å². The number of rotatable bonds is 4. The van der Waals surface area contributed by atoms with E-state index in [0.717, 1.165) is 5.69 Å². The zero-order valence-electron chi connectivity index (χ0n) is 10.8. The Bertz CT molecular complexity index is 471.